The van der Waals surface area contributed by atoms with Gasteiger partial charge in [0.2, 0.25) is 17.8 Å². The predicted molar refractivity (Wildman–Crippen MR) is 260 cm³/mol. The Balaban J connectivity index is 0.000000187. The molecule has 0 bridgehead atoms. The third-order valence-electron chi connectivity index (χ3n) is 12.2. The molecule has 0 radical (unpaired) electrons. The first kappa shape index (κ1) is 47.1. The highest BCUT2D eigenvalue weighted by Crippen LogP contribution is 2.45. The smallest absolute Gasteiger partial charge is 0.409 e. The maximum absolute atomic E-state index is 12.6. The van der Waals surface area contributed by atoms with Crippen LogP contribution in [0.2, 0.25) is 0 Å². The number of aromatic nitrogens is 6. The fraction of sp³-hybridized carbons (Fsp3) is 0.275. The maximum atomic E-state index is 12.6. The number of aryl methyl sites for hydroxylation is 2. The molecule has 2 aliphatic carbocycles. The van der Waals surface area contributed by atoms with Crippen molar-refractivity contribution in [2.24, 2.45) is 14.1 Å². The van der Waals surface area contributed by atoms with E-state index in [9.17, 15) is 28.8 Å². The Morgan fingerprint density at radius 2 is 1.07 bits per heavy atom. The van der Waals surface area contributed by atoms with E-state index < -0.39 is 23.4 Å². The Bertz CT molecular complexity index is 3070. The zero-order valence-corrected chi connectivity index (χ0v) is 38.7. The lowest BCUT2D eigenvalue weighted by molar-refractivity contribution is -0.117. The van der Waals surface area contributed by atoms with Gasteiger partial charge in [0.1, 0.15) is 19.0 Å². The molecule has 2 aliphatic rings. The number of fused-ring (bicyclic) bond motifs is 7. The van der Waals surface area contributed by atoms with Crippen molar-refractivity contribution in [3.05, 3.63) is 159 Å². The molecule has 0 saturated heterocycles. The van der Waals surface area contributed by atoms with Crippen molar-refractivity contribution in [2.45, 2.75) is 37.5 Å². The molecule has 0 spiro atoms. The average molecular weight is 933 g/mol. The highest BCUT2D eigenvalue weighted by molar-refractivity contribution is 5.90. The van der Waals surface area contributed by atoms with Gasteiger partial charge in [0.15, 0.2) is 11.2 Å². The van der Waals surface area contributed by atoms with E-state index in [-0.39, 0.29) is 67.0 Å². The molecule has 0 aliphatic heterocycles. The summed E-state index contributed by atoms with van der Waals surface area (Å²) < 4.78 is 14.2. The summed E-state index contributed by atoms with van der Waals surface area (Å²) in [6.45, 7) is 1.21. The monoisotopic (exact) mass is 932 g/mol. The van der Waals surface area contributed by atoms with E-state index in [1.165, 1.54) is 49.1 Å². The van der Waals surface area contributed by atoms with Crippen LogP contribution in [-0.4, -0.2) is 103 Å². The van der Waals surface area contributed by atoms with Crippen molar-refractivity contribution in [3.8, 4) is 22.3 Å². The summed E-state index contributed by atoms with van der Waals surface area (Å²) in [4.78, 5) is 90.6. The molecule has 0 saturated carbocycles. The zero-order valence-electron chi connectivity index (χ0n) is 38.7. The number of benzene rings is 4. The zero-order chi connectivity index (χ0) is 48.6. The maximum Gasteiger partial charge on any atom is 0.409 e. The third-order valence-corrected chi connectivity index (χ3v) is 12.2. The summed E-state index contributed by atoms with van der Waals surface area (Å²) in [5.41, 5.74) is 9.06. The molecular weight excluding hydrogens is 881 g/mol. The molecule has 354 valence electrons. The summed E-state index contributed by atoms with van der Waals surface area (Å²) in [7, 11) is 6.60. The second-order valence-corrected chi connectivity index (χ2v) is 16.9. The van der Waals surface area contributed by atoms with Crippen LogP contribution in [0.15, 0.2) is 125 Å². The Hall–Kier alpha value is -8.41. The number of anilines is 2. The molecule has 3 aromatic heterocycles. The van der Waals surface area contributed by atoms with Crippen molar-refractivity contribution in [2.75, 3.05) is 51.0 Å². The molecule has 4 amide bonds. The van der Waals surface area contributed by atoms with Gasteiger partial charge in [-0.2, -0.15) is 9.97 Å². The minimum Gasteiger partial charge on any atom is -0.448 e. The standard InChI is InChI=1S/C26H26N6O4.C25H26N4O4/c1-31(13-7-12-21(33)28-25-29-23-22(24(34)30-25)27-15-32(23)2)26(35)36-14-20-18-10-5-3-8-16(18)17-9-4-6-11-19(17)20;1-28-15-13-22(27-24(28)31)26-23(30)12-7-14-29(2)25(32)33-16-21-19-10-5-3-8-17(19)18-9-4-6-11-20(18)21/h3-6,8-11,15,20H,7,12-14H2,1-2H3,(H2,28,29,30,33,34);3-6,8-11,13,15,21H,7,12,14,16H2,1-2H3,(H,26,27,30,31). The van der Waals surface area contributed by atoms with Gasteiger partial charge in [-0.1, -0.05) is 97.1 Å². The molecule has 3 heterocycles. The van der Waals surface area contributed by atoms with Crippen LogP contribution in [0, 0.1) is 0 Å². The Morgan fingerprint density at radius 3 is 1.54 bits per heavy atom. The summed E-state index contributed by atoms with van der Waals surface area (Å²) in [6, 6.07) is 34.3. The number of nitrogens with one attached hydrogen (secondary N) is 3. The van der Waals surface area contributed by atoms with Gasteiger partial charge < -0.3 is 33.7 Å². The highest BCUT2D eigenvalue weighted by atomic mass is 16.6. The van der Waals surface area contributed by atoms with Crippen molar-refractivity contribution < 1.29 is 28.7 Å². The lowest BCUT2D eigenvalue weighted by Crippen LogP contribution is -2.30. The molecular formula is C51H52N10O8. The van der Waals surface area contributed by atoms with Gasteiger partial charge in [0, 0.05) is 72.2 Å². The fourth-order valence-electron chi connectivity index (χ4n) is 8.56. The minimum atomic E-state index is -0.442. The van der Waals surface area contributed by atoms with E-state index in [0.717, 1.165) is 22.3 Å². The predicted octanol–water partition coefficient (Wildman–Crippen LogP) is 6.64. The number of carbonyl (C=O) groups is 4. The molecule has 3 N–H and O–H groups in total. The van der Waals surface area contributed by atoms with E-state index in [4.69, 9.17) is 9.47 Å². The summed E-state index contributed by atoms with van der Waals surface area (Å²) in [5.74, 6) is -0.310. The third kappa shape index (κ3) is 10.8. The Kier molecular flexibility index (Phi) is 14.4. The number of ether oxygens (including phenoxy) is 2. The van der Waals surface area contributed by atoms with Gasteiger partial charge in [-0.05, 0) is 63.4 Å². The second-order valence-electron chi connectivity index (χ2n) is 16.9. The van der Waals surface area contributed by atoms with Crippen molar-refractivity contribution in [1.29, 1.82) is 0 Å². The fourth-order valence-corrected chi connectivity index (χ4v) is 8.56. The van der Waals surface area contributed by atoms with Gasteiger partial charge in [0.25, 0.3) is 5.56 Å². The highest BCUT2D eigenvalue weighted by Gasteiger charge is 2.31. The molecule has 0 unspecified atom stereocenters. The molecule has 4 aromatic carbocycles. The van der Waals surface area contributed by atoms with Gasteiger partial charge in [-0.3, -0.25) is 24.7 Å². The van der Waals surface area contributed by atoms with Crippen LogP contribution in [0.25, 0.3) is 33.4 Å². The summed E-state index contributed by atoms with van der Waals surface area (Å²) in [6.07, 6.45) is 3.37. The lowest BCUT2D eigenvalue weighted by atomic mass is 9.98. The summed E-state index contributed by atoms with van der Waals surface area (Å²) in [5, 5.41) is 5.19. The van der Waals surface area contributed by atoms with Gasteiger partial charge in [0.05, 0.1) is 6.33 Å². The topological polar surface area (TPSA) is 216 Å². The molecule has 18 heteroatoms. The quantitative estimate of drug-likeness (QED) is 0.105. The number of aromatic amines is 1. The van der Waals surface area contributed by atoms with E-state index in [0.29, 0.717) is 31.6 Å². The van der Waals surface area contributed by atoms with E-state index in [1.54, 1.807) is 38.8 Å². The van der Waals surface area contributed by atoms with Crippen LogP contribution in [0.3, 0.4) is 0 Å². The van der Waals surface area contributed by atoms with Crippen LogP contribution in [0.5, 0.6) is 0 Å². The number of hydrogen-bond donors (Lipinski definition) is 3. The average Bonchev–Trinajstić information content (AvgIpc) is 4.00. The van der Waals surface area contributed by atoms with Crippen LogP contribution in [0.4, 0.5) is 21.4 Å². The van der Waals surface area contributed by atoms with Crippen LogP contribution < -0.4 is 21.9 Å². The number of H-pyrrole nitrogens is 1. The van der Waals surface area contributed by atoms with E-state index in [1.807, 2.05) is 48.5 Å². The Morgan fingerprint density at radius 1 is 0.623 bits per heavy atom. The number of nitrogens with zero attached hydrogens (tertiary/aromatic N) is 7. The number of rotatable bonds is 14. The number of amides is 4. The van der Waals surface area contributed by atoms with Crippen molar-refractivity contribution >= 4 is 46.9 Å². The first-order valence-corrected chi connectivity index (χ1v) is 22.5. The van der Waals surface area contributed by atoms with E-state index >= 15 is 0 Å². The van der Waals surface area contributed by atoms with Gasteiger partial charge in [-0.15, -0.1) is 0 Å². The SMILES string of the molecule is CN(CCCC(=O)Nc1ccn(C)c(=O)n1)C(=O)OCC1c2ccccc2-c2ccccc21.CN(CCCC(=O)Nc1nc2c(ncn2C)c(=O)[nH]1)C(=O)OCC1c2ccccc2-c2ccccc21. The number of hydrogen-bond acceptors (Lipinski definition) is 11. The lowest BCUT2D eigenvalue weighted by Gasteiger charge is -2.19. The van der Waals surface area contributed by atoms with Crippen LogP contribution in [0.1, 0.15) is 59.8 Å². The second kappa shape index (κ2) is 21.0. The first-order chi connectivity index (χ1) is 33.4. The van der Waals surface area contributed by atoms with Crippen molar-refractivity contribution in [1.82, 2.24) is 38.9 Å². The Labute approximate surface area is 397 Å². The normalized spacial score (nSPS) is 12.2. The summed E-state index contributed by atoms with van der Waals surface area (Å²) >= 11 is 0. The largest absolute Gasteiger partial charge is 0.448 e. The van der Waals surface area contributed by atoms with Crippen LogP contribution >= 0.6 is 0 Å². The molecule has 18 nitrogen and oxygen atoms in total. The van der Waals surface area contributed by atoms with Gasteiger partial charge in [-0.25, -0.2) is 19.4 Å². The number of carbonyl (C=O) groups excluding carboxylic acids is 4. The van der Waals surface area contributed by atoms with Gasteiger partial charge >= 0.3 is 17.9 Å². The van der Waals surface area contributed by atoms with E-state index in [2.05, 4.69) is 79.1 Å². The molecule has 0 atom stereocenters. The molecule has 0 fully saturated rings. The van der Waals surface area contributed by atoms with Crippen LogP contribution in [-0.2, 0) is 33.2 Å². The van der Waals surface area contributed by atoms with Crippen molar-refractivity contribution in [3.63, 3.8) is 0 Å². The number of imidazole rings is 1. The molecule has 69 heavy (non-hydrogen) atoms. The first-order valence-electron chi connectivity index (χ1n) is 22.5. The molecule has 7 aromatic rings. The molecule has 9 rings (SSSR count). The minimum absolute atomic E-state index is 0.00612.